The van der Waals surface area contributed by atoms with Gasteiger partial charge < -0.3 is 5.73 Å². The minimum Gasteiger partial charge on any atom is -0.328 e. The Bertz CT molecular complexity index is 612. The van der Waals surface area contributed by atoms with Crippen molar-refractivity contribution < 1.29 is 0 Å². The highest BCUT2D eigenvalue weighted by molar-refractivity contribution is 9.10. The maximum atomic E-state index is 6.02. The first-order valence-corrected chi connectivity index (χ1v) is 7.94. The van der Waals surface area contributed by atoms with Crippen LogP contribution in [0.5, 0.6) is 0 Å². The summed E-state index contributed by atoms with van der Waals surface area (Å²) in [5.74, 6) is 0.629. The van der Waals surface area contributed by atoms with Crippen LogP contribution in [-0.4, -0.2) is 29.0 Å². The minimum absolute atomic E-state index is 0.291. The van der Waals surface area contributed by atoms with Gasteiger partial charge in [0, 0.05) is 35.2 Å². The molecule has 3 rings (SSSR count). The summed E-state index contributed by atoms with van der Waals surface area (Å²) in [5, 5.41) is 1.19. The average Bonchev–Trinajstić information content (AvgIpc) is 2.91. The van der Waals surface area contributed by atoms with E-state index in [9.17, 15) is 0 Å². The molecule has 1 aromatic heterocycles. The Labute approximate surface area is 128 Å². The zero-order valence-electron chi connectivity index (χ0n) is 11.7. The molecule has 2 heterocycles. The maximum absolute atomic E-state index is 6.02. The van der Waals surface area contributed by atoms with Gasteiger partial charge in [-0.25, -0.2) is 0 Å². The first kappa shape index (κ1) is 14.0. The fraction of sp³-hybridized carbons (Fsp3) is 0.438. The van der Waals surface area contributed by atoms with Crippen molar-refractivity contribution in [3.63, 3.8) is 0 Å². The lowest BCUT2D eigenvalue weighted by Gasteiger charge is -2.18. The summed E-state index contributed by atoms with van der Waals surface area (Å²) in [4.78, 5) is 7.05. The van der Waals surface area contributed by atoms with Crippen molar-refractivity contribution in [3.05, 3.63) is 40.5 Å². The Kier molecular flexibility index (Phi) is 4.06. The molecule has 0 amide bonds. The van der Waals surface area contributed by atoms with Crippen LogP contribution in [0.1, 0.15) is 18.9 Å². The largest absolute Gasteiger partial charge is 0.328 e. The molecule has 0 aliphatic carbocycles. The maximum Gasteiger partial charge on any atom is 0.0758 e. The Morgan fingerprint density at radius 1 is 1.45 bits per heavy atom. The second-order valence-electron chi connectivity index (χ2n) is 5.75. The van der Waals surface area contributed by atoms with Gasteiger partial charge in [0.1, 0.15) is 0 Å². The van der Waals surface area contributed by atoms with Crippen molar-refractivity contribution in [2.24, 2.45) is 11.7 Å². The molecule has 2 N–H and O–H groups in total. The van der Waals surface area contributed by atoms with Gasteiger partial charge in [0.25, 0.3) is 0 Å². The number of halogens is 1. The topological polar surface area (TPSA) is 42.1 Å². The van der Waals surface area contributed by atoms with E-state index in [4.69, 9.17) is 5.73 Å². The van der Waals surface area contributed by atoms with Crippen LogP contribution in [0.2, 0.25) is 0 Å². The molecule has 0 saturated carbocycles. The van der Waals surface area contributed by atoms with Gasteiger partial charge in [0.2, 0.25) is 0 Å². The molecule has 20 heavy (non-hydrogen) atoms. The Morgan fingerprint density at radius 3 is 3.05 bits per heavy atom. The first-order chi connectivity index (χ1) is 9.65. The molecular formula is C16H20BrN3. The third-order valence-electron chi connectivity index (χ3n) is 4.25. The summed E-state index contributed by atoms with van der Waals surface area (Å²) < 4.78 is 1.11. The van der Waals surface area contributed by atoms with E-state index < -0.39 is 0 Å². The molecule has 106 valence electrons. The van der Waals surface area contributed by atoms with Crippen molar-refractivity contribution in [2.45, 2.75) is 25.9 Å². The smallest absolute Gasteiger partial charge is 0.0758 e. The van der Waals surface area contributed by atoms with Crippen molar-refractivity contribution >= 4 is 26.8 Å². The molecule has 3 nitrogen and oxygen atoms in total. The Morgan fingerprint density at radius 2 is 2.30 bits per heavy atom. The molecule has 2 atom stereocenters. The fourth-order valence-electron chi connectivity index (χ4n) is 3.00. The van der Waals surface area contributed by atoms with E-state index in [-0.39, 0.29) is 0 Å². The summed E-state index contributed by atoms with van der Waals surface area (Å²) in [6, 6.07) is 8.69. The summed E-state index contributed by atoms with van der Waals surface area (Å²) in [5.41, 5.74) is 8.42. The number of likely N-dealkylation sites (tertiary alicyclic amines) is 1. The number of hydrogen-bond acceptors (Lipinski definition) is 3. The monoisotopic (exact) mass is 333 g/mol. The lowest BCUT2D eigenvalue weighted by molar-refractivity contribution is 0.309. The van der Waals surface area contributed by atoms with Gasteiger partial charge in [-0.05, 0) is 43.5 Å². The summed E-state index contributed by atoms with van der Waals surface area (Å²) in [7, 11) is 0. The predicted octanol–water partition coefficient (Wildman–Crippen LogP) is 3.17. The standard InChI is InChI=1S/C16H20BrN3/c1-11(18)12-6-8-20(9-12)10-13-4-5-15(17)14-3-2-7-19-16(13)14/h2-5,7,11-12H,6,8-10,18H2,1H3. The summed E-state index contributed by atoms with van der Waals surface area (Å²) in [6.07, 6.45) is 3.08. The highest BCUT2D eigenvalue weighted by Crippen LogP contribution is 2.27. The van der Waals surface area contributed by atoms with E-state index in [1.54, 1.807) is 0 Å². The van der Waals surface area contributed by atoms with Crippen LogP contribution in [0.4, 0.5) is 0 Å². The molecule has 2 aromatic rings. The molecule has 2 unspecified atom stereocenters. The third-order valence-corrected chi connectivity index (χ3v) is 4.94. The number of benzene rings is 1. The van der Waals surface area contributed by atoms with Crippen molar-refractivity contribution in [3.8, 4) is 0 Å². The highest BCUT2D eigenvalue weighted by Gasteiger charge is 2.25. The Hall–Kier alpha value is -0.970. The number of aromatic nitrogens is 1. The van der Waals surface area contributed by atoms with Crippen LogP contribution in [0.3, 0.4) is 0 Å². The van der Waals surface area contributed by atoms with Crippen LogP contribution in [0.25, 0.3) is 10.9 Å². The van der Waals surface area contributed by atoms with Crippen LogP contribution in [0.15, 0.2) is 34.9 Å². The van der Waals surface area contributed by atoms with E-state index in [0.717, 1.165) is 29.6 Å². The number of nitrogens with two attached hydrogens (primary N) is 1. The number of rotatable bonds is 3. The van der Waals surface area contributed by atoms with Gasteiger partial charge in [-0.2, -0.15) is 0 Å². The van der Waals surface area contributed by atoms with E-state index in [2.05, 4.69) is 50.9 Å². The predicted molar refractivity (Wildman–Crippen MR) is 86.5 cm³/mol. The fourth-order valence-corrected chi connectivity index (χ4v) is 3.45. The van der Waals surface area contributed by atoms with Crippen LogP contribution in [-0.2, 0) is 6.54 Å². The van der Waals surface area contributed by atoms with Crippen LogP contribution < -0.4 is 5.73 Å². The molecule has 1 aliphatic rings. The lowest BCUT2D eigenvalue weighted by atomic mass is 10.0. The second-order valence-corrected chi connectivity index (χ2v) is 6.60. The van der Waals surface area contributed by atoms with E-state index >= 15 is 0 Å². The van der Waals surface area contributed by atoms with Gasteiger partial charge >= 0.3 is 0 Å². The van der Waals surface area contributed by atoms with Crippen molar-refractivity contribution in [1.29, 1.82) is 0 Å². The number of nitrogens with zero attached hydrogens (tertiary/aromatic N) is 2. The lowest BCUT2D eigenvalue weighted by Crippen LogP contribution is -2.29. The van der Waals surface area contributed by atoms with Gasteiger partial charge in [-0.3, -0.25) is 9.88 Å². The Balaban J connectivity index is 1.84. The molecule has 0 radical (unpaired) electrons. The zero-order valence-corrected chi connectivity index (χ0v) is 13.3. The molecular weight excluding hydrogens is 314 g/mol. The SMILES string of the molecule is CC(N)C1CCN(Cc2ccc(Br)c3cccnc23)C1. The number of hydrogen-bond donors (Lipinski definition) is 1. The van der Waals surface area contributed by atoms with Gasteiger partial charge in [0.15, 0.2) is 0 Å². The van der Waals surface area contributed by atoms with Crippen molar-refractivity contribution in [2.75, 3.05) is 13.1 Å². The van der Waals surface area contributed by atoms with E-state index in [0.29, 0.717) is 12.0 Å². The van der Waals surface area contributed by atoms with E-state index in [1.165, 1.54) is 17.4 Å². The quantitative estimate of drug-likeness (QED) is 0.938. The van der Waals surface area contributed by atoms with Crippen LogP contribution >= 0.6 is 15.9 Å². The minimum atomic E-state index is 0.291. The molecule has 1 fully saturated rings. The third kappa shape index (κ3) is 2.73. The summed E-state index contributed by atoms with van der Waals surface area (Å²) >= 11 is 3.60. The van der Waals surface area contributed by atoms with Crippen molar-refractivity contribution in [1.82, 2.24) is 9.88 Å². The molecule has 4 heteroatoms. The molecule has 1 saturated heterocycles. The number of fused-ring (bicyclic) bond motifs is 1. The molecule has 0 bridgehead atoms. The van der Waals surface area contributed by atoms with Gasteiger partial charge in [-0.1, -0.05) is 28.1 Å². The van der Waals surface area contributed by atoms with Gasteiger partial charge in [-0.15, -0.1) is 0 Å². The highest BCUT2D eigenvalue weighted by atomic mass is 79.9. The molecule has 1 aliphatic heterocycles. The second kappa shape index (κ2) is 5.80. The first-order valence-electron chi connectivity index (χ1n) is 7.15. The normalized spacial score (nSPS) is 21.4. The summed E-state index contributed by atoms with van der Waals surface area (Å²) in [6.45, 7) is 5.31. The van der Waals surface area contributed by atoms with E-state index in [1.807, 2.05) is 12.3 Å². The molecule has 1 aromatic carbocycles. The van der Waals surface area contributed by atoms with Crippen LogP contribution in [0, 0.1) is 5.92 Å². The average molecular weight is 334 g/mol. The van der Waals surface area contributed by atoms with Gasteiger partial charge in [0.05, 0.1) is 5.52 Å². The zero-order chi connectivity index (χ0) is 14.1. The molecule has 0 spiro atoms. The number of pyridine rings is 1.